The van der Waals surface area contributed by atoms with Gasteiger partial charge in [-0.05, 0) is 5.92 Å². The lowest BCUT2D eigenvalue weighted by molar-refractivity contribution is -0.204. The van der Waals surface area contributed by atoms with Gasteiger partial charge in [0.25, 0.3) is 0 Å². The maximum atomic E-state index is 10.5. The summed E-state index contributed by atoms with van der Waals surface area (Å²) in [5.41, 5.74) is 0. The zero-order valence-corrected chi connectivity index (χ0v) is 7.55. The minimum Gasteiger partial charge on any atom is -0.434 e. The predicted octanol–water partition coefficient (Wildman–Crippen LogP) is 1.30. The van der Waals surface area contributed by atoms with Crippen molar-refractivity contribution in [3.8, 4) is 0 Å². The van der Waals surface area contributed by atoms with E-state index in [9.17, 15) is 9.90 Å². The van der Waals surface area contributed by atoms with Crippen LogP contribution in [-0.4, -0.2) is 16.9 Å². The Bertz CT molecular complexity index is 138. The third-order valence-corrected chi connectivity index (χ3v) is 1.15. The van der Waals surface area contributed by atoms with Crippen LogP contribution in [0.5, 0.6) is 0 Å². The first-order valence-corrected chi connectivity index (χ1v) is 3.75. The van der Waals surface area contributed by atoms with Gasteiger partial charge in [-0.15, -0.1) is 0 Å². The van der Waals surface area contributed by atoms with Gasteiger partial charge >= 0.3 is 5.97 Å². The fourth-order valence-electron chi connectivity index (χ4n) is 1.11. The minimum absolute atomic E-state index is 0.310. The van der Waals surface area contributed by atoms with Gasteiger partial charge in [0.15, 0.2) is 0 Å². The van der Waals surface area contributed by atoms with Gasteiger partial charge in [0, 0.05) is 20.3 Å². The van der Waals surface area contributed by atoms with E-state index in [1.807, 2.05) is 13.8 Å². The summed E-state index contributed by atoms with van der Waals surface area (Å²) in [6.07, 6.45) is 0.465. The molecule has 0 saturated carbocycles. The molecular formula is C8H16O3. The summed E-state index contributed by atoms with van der Waals surface area (Å²) in [5.74, 6) is -1.44. The van der Waals surface area contributed by atoms with E-state index in [0.29, 0.717) is 12.3 Å². The molecule has 66 valence electrons. The molecule has 0 aliphatic carbocycles. The van der Waals surface area contributed by atoms with Crippen LogP contribution < -0.4 is 0 Å². The zero-order chi connectivity index (χ0) is 9.07. The Hall–Kier alpha value is -0.570. The third kappa shape index (κ3) is 5.85. The Labute approximate surface area is 67.4 Å². The van der Waals surface area contributed by atoms with Crippen molar-refractivity contribution >= 4 is 5.97 Å². The summed E-state index contributed by atoms with van der Waals surface area (Å²) < 4.78 is 4.67. The maximum absolute atomic E-state index is 10.5. The average Bonchev–Trinajstić information content (AvgIpc) is 1.53. The van der Waals surface area contributed by atoms with Gasteiger partial charge in [0.2, 0.25) is 5.79 Å². The molecule has 0 spiro atoms. The van der Waals surface area contributed by atoms with Gasteiger partial charge in [0.05, 0.1) is 0 Å². The van der Waals surface area contributed by atoms with Crippen LogP contribution >= 0.6 is 0 Å². The van der Waals surface area contributed by atoms with Crippen molar-refractivity contribution in [1.29, 1.82) is 0 Å². The highest BCUT2D eigenvalue weighted by atomic mass is 16.7. The molecule has 0 aromatic rings. The van der Waals surface area contributed by atoms with Crippen LogP contribution in [0.1, 0.15) is 34.1 Å². The molecule has 0 fully saturated rings. The Morgan fingerprint density at radius 2 is 2.09 bits per heavy atom. The highest BCUT2D eigenvalue weighted by Gasteiger charge is 2.24. The summed E-state index contributed by atoms with van der Waals surface area (Å²) in [5, 5.41) is 9.41. The molecule has 0 aliphatic heterocycles. The van der Waals surface area contributed by atoms with Gasteiger partial charge < -0.3 is 9.84 Å². The van der Waals surface area contributed by atoms with Crippen molar-refractivity contribution < 1.29 is 14.6 Å². The second kappa shape index (κ2) is 3.72. The second-order valence-electron chi connectivity index (χ2n) is 3.37. The molecule has 3 nitrogen and oxygen atoms in total. The Balaban J connectivity index is 3.89. The van der Waals surface area contributed by atoms with Crippen molar-refractivity contribution in [2.24, 2.45) is 5.92 Å². The summed E-state index contributed by atoms with van der Waals surface area (Å²) in [7, 11) is 0. The van der Waals surface area contributed by atoms with Crippen molar-refractivity contribution in [3.63, 3.8) is 0 Å². The molecular weight excluding hydrogens is 144 g/mol. The molecule has 0 saturated heterocycles. The van der Waals surface area contributed by atoms with E-state index < -0.39 is 11.8 Å². The van der Waals surface area contributed by atoms with Crippen LogP contribution in [0.4, 0.5) is 0 Å². The van der Waals surface area contributed by atoms with Crippen molar-refractivity contribution in [1.82, 2.24) is 0 Å². The molecule has 1 atom stereocenters. The minimum atomic E-state index is -1.31. The molecule has 0 amide bonds. The van der Waals surface area contributed by atoms with E-state index in [1.54, 1.807) is 0 Å². The molecule has 0 aliphatic rings. The number of ether oxygens (including phenoxy) is 1. The fourth-order valence-corrected chi connectivity index (χ4v) is 1.11. The van der Waals surface area contributed by atoms with Gasteiger partial charge in [-0.1, -0.05) is 13.8 Å². The highest BCUT2D eigenvalue weighted by molar-refractivity contribution is 5.66. The number of hydrogen-bond acceptors (Lipinski definition) is 3. The van der Waals surface area contributed by atoms with Gasteiger partial charge in [-0.3, -0.25) is 4.79 Å². The topological polar surface area (TPSA) is 46.5 Å². The van der Waals surface area contributed by atoms with E-state index in [1.165, 1.54) is 13.8 Å². The van der Waals surface area contributed by atoms with Crippen molar-refractivity contribution in [3.05, 3.63) is 0 Å². The van der Waals surface area contributed by atoms with E-state index in [-0.39, 0.29) is 0 Å². The monoisotopic (exact) mass is 160 g/mol. The Kier molecular flexibility index (Phi) is 3.52. The molecule has 0 aromatic carbocycles. The van der Waals surface area contributed by atoms with Crippen molar-refractivity contribution in [2.45, 2.75) is 39.9 Å². The zero-order valence-electron chi connectivity index (χ0n) is 7.55. The van der Waals surface area contributed by atoms with Crippen LogP contribution in [0.3, 0.4) is 0 Å². The first-order valence-electron chi connectivity index (χ1n) is 3.75. The standard InChI is InChI=1S/C8H16O3/c1-6(2)5-8(4,10)11-7(3)9/h6,10H,5H2,1-4H3. The van der Waals surface area contributed by atoms with Crippen LogP contribution in [0.25, 0.3) is 0 Å². The lowest BCUT2D eigenvalue weighted by Gasteiger charge is -2.24. The van der Waals surface area contributed by atoms with Crippen molar-refractivity contribution in [2.75, 3.05) is 0 Å². The summed E-state index contributed by atoms with van der Waals surface area (Å²) in [6.45, 7) is 6.69. The lowest BCUT2D eigenvalue weighted by Crippen LogP contribution is -2.31. The number of carbonyl (C=O) groups excluding carboxylic acids is 1. The van der Waals surface area contributed by atoms with Crippen LogP contribution in [0, 0.1) is 5.92 Å². The molecule has 0 radical (unpaired) electrons. The maximum Gasteiger partial charge on any atom is 0.305 e. The summed E-state index contributed by atoms with van der Waals surface area (Å²) >= 11 is 0. The fraction of sp³-hybridized carbons (Fsp3) is 0.875. The van der Waals surface area contributed by atoms with E-state index in [2.05, 4.69) is 4.74 Å². The number of hydrogen-bond donors (Lipinski definition) is 1. The van der Waals surface area contributed by atoms with Gasteiger partial charge in [-0.2, -0.15) is 0 Å². The number of carbonyl (C=O) groups is 1. The summed E-state index contributed by atoms with van der Waals surface area (Å²) in [4.78, 5) is 10.5. The Morgan fingerprint density at radius 3 is 2.36 bits per heavy atom. The number of esters is 1. The summed E-state index contributed by atoms with van der Waals surface area (Å²) in [6, 6.07) is 0. The lowest BCUT2D eigenvalue weighted by atomic mass is 10.0. The molecule has 0 bridgehead atoms. The smallest absolute Gasteiger partial charge is 0.305 e. The van der Waals surface area contributed by atoms with Crippen LogP contribution in [0.15, 0.2) is 0 Å². The third-order valence-electron chi connectivity index (χ3n) is 1.15. The first kappa shape index (κ1) is 10.4. The van der Waals surface area contributed by atoms with E-state index in [4.69, 9.17) is 0 Å². The molecule has 0 rings (SSSR count). The number of aliphatic hydroxyl groups is 1. The quantitative estimate of drug-likeness (QED) is 0.500. The first-order chi connectivity index (χ1) is 4.83. The van der Waals surface area contributed by atoms with Gasteiger partial charge in [-0.25, -0.2) is 0 Å². The molecule has 1 N–H and O–H groups in total. The SMILES string of the molecule is CC(=O)OC(C)(O)CC(C)C. The predicted molar refractivity (Wildman–Crippen MR) is 41.8 cm³/mol. The molecule has 0 aromatic heterocycles. The molecule has 11 heavy (non-hydrogen) atoms. The highest BCUT2D eigenvalue weighted by Crippen LogP contribution is 2.17. The van der Waals surface area contributed by atoms with Gasteiger partial charge in [0.1, 0.15) is 0 Å². The van der Waals surface area contributed by atoms with Crippen LogP contribution in [-0.2, 0) is 9.53 Å². The van der Waals surface area contributed by atoms with E-state index >= 15 is 0 Å². The molecule has 0 heterocycles. The van der Waals surface area contributed by atoms with Crippen LogP contribution in [0.2, 0.25) is 0 Å². The normalized spacial score (nSPS) is 16.2. The second-order valence-corrected chi connectivity index (χ2v) is 3.37. The Morgan fingerprint density at radius 1 is 1.64 bits per heavy atom. The molecule has 3 heteroatoms. The number of rotatable bonds is 3. The average molecular weight is 160 g/mol. The van der Waals surface area contributed by atoms with E-state index in [0.717, 1.165) is 0 Å². The molecule has 1 unspecified atom stereocenters. The largest absolute Gasteiger partial charge is 0.434 e.